The molecule has 0 unspecified atom stereocenters. The Hall–Kier alpha value is -1.85. The van der Waals surface area contributed by atoms with Crippen LogP contribution in [-0.4, -0.2) is 44.3 Å². The molecule has 0 radical (unpaired) electrons. The third-order valence-corrected chi connectivity index (χ3v) is 4.10. The molecule has 6 heteroatoms. The van der Waals surface area contributed by atoms with E-state index in [1.807, 2.05) is 25.7 Å². The van der Waals surface area contributed by atoms with Crippen molar-refractivity contribution in [2.45, 2.75) is 64.5 Å². The van der Waals surface area contributed by atoms with E-state index in [0.29, 0.717) is 18.5 Å². The summed E-state index contributed by atoms with van der Waals surface area (Å²) >= 11 is 0. The first-order chi connectivity index (χ1) is 10.3. The lowest BCUT2D eigenvalue weighted by molar-refractivity contribution is -0.137. The maximum absolute atomic E-state index is 12.7. The van der Waals surface area contributed by atoms with Crippen LogP contribution in [0.1, 0.15) is 63.2 Å². The van der Waals surface area contributed by atoms with Crippen LogP contribution < -0.4 is 0 Å². The van der Waals surface area contributed by atoms with E-state index in [-0.39, 0.29) is 23.9 Å². The minimum atomic E-state index is -0.807. The lowest BCUT2D eigenvalue weighted by Gasteiger charge is -2.35. The lowest BCUT2D eigenvalue weighted by Crippen LogP contribution is -2.43. The summed E-state index contributed by atoms with van der Waals surface area (Å²) < 4.78 is 1.79. The Morgan fingerprint density at radius 1 is 1.36 bits per heavy atom. The smallest absolute Gasteiger partial charge is 0.303 e. The van der Waals surface area contributed by atoms with Crippen molar-refractivity contribution < 1.29 is 14.7 Å². The van der Waals surface area contributed by atoms with Gasteiger partial charge in [-0.05, 0) is 46.5 Å². The maximum Gasteiger partial charge on any atom is 0.303 e. The van der Waals surface area contributed by atoms with E-state index in [1.165, 1.54) is 0 Å². The van der Waals surface area contributed by atoms with Gasteiger partial charge < -0.3 is 10.0 Å². The molecule has 1 N–H and O–H groups in total. The summed E-state index contributed by atoms with van der Waals surface area (Å²) in [5, 5.41) is 13.1. The van der Waals surface area contributed by atoms with Crippen molar-refractivity contribution in [1.29, 1.82) is 0 Å². The minimum absolute atomic E-state index is 0.0235. The first kappa shape index (κ1) is 16.5. The van der Waals surface area contributed by atoms with Crippen molar-refractivity contribution in [3.8, 4) is 0 Å². The molecule has 1 aromatic heterocycles. The zero-order valence-electron chi connectivity index (χ0n) is 13.6. The molecule has 0 aromatic carbocycles. The summed E-state index contributed by atoms with van der Waals surface area (Å²) in [4.78, 5) is 25.3. The van der Waals surface area contributed by atoms with Gasteiger partial charge in [-0.25, -0.2) is 0 Å². The molecule has 0 spiro atoms. The highest BCUT2D eigenvalue weighted by Crippen LogP contribution is 2.23. The molecule has 1 aliphatic rings. The Labute approximate surface area is 131 Å². The molecule has 1 amide bonds. The largest absolute Gasteiger partial charge is 0.481 e. The number of hydrogen-bond acceptors (Lipinski definition) is 3. The molecule has 122 valence electrons. The summed E-state index contributed by atoms with van der Waals surface area (Å²) in [7, 11) is 0. The summed E-state index contributed by atoms with van der Waals surface area (Å²) in [5.74, 6) is -0.843. The number of rotatable bonds is 4. The number of nitrogens with zero attached hydrogens (tertiary/aromatic N) is 3. The van der Waals surface area contributed by atoms with Gasteiger partial charge in [0.2, 0.25) is 0 Å². The fourth-order valence-corrected chi connectivity index (χ4v) is 2.82. The van der Waals surface area contributed by atoms with Crippen molar-refractivity contribution in [1.82, 2.24) is 14.7 Å². The van der Waals surface area contributed by atoms with Gasteiger partial charge in [0, 0.05) is 25.2 Å². The highest BCUT2D eigenvalue weighted by molar-refractivity contribution is 5.94. The van der Waals surface area contributed by atoms with Crippen molar-refractivity contribution in [3.63, 3.8) is 0 Å². The van der Waals surface area contributed by atoms with E-state index in [1.54, 1.807) is 17.1 Å². The first-order valence-corrected chi connectivity index (χ1v) is 7.87. The van der Waals surface area contributed by atoms with Crippen LogP contribution in [0, 0.1) is 0 Å². The molecule has 0 aliphatic carbocycles. The van der Waals surface area contributed by atoms with Crippen molar-refractivity contribution in [3.05, 3.63) is 18.0 Å². The number of amides is 1. The quantitative estimate of drug-likeness (QED) is 0.927. The molecular formula is C16H25N3O3. The fourth-order valence-electron chi connectivity index (χ4n) is 2.82. The van der Waals surface area contributed by atoms with Gasteiger partial charge in [0.15, 0.2) is 0 Å². The van der Waals surface area contributed by atoms with Gasteiger partial charge in [-0.3, -0.25) is 14.3 Å². The van der Waals surface area contributed by atoms with E-state index < -0.39 is 5.97 Å². The number of hydrogen-bond donors (Lipinski definition) is 1. The molecule has 1 fully saturated rings. The van der Waals surface area contributed by atoms with Crippen LogP contribution in [0.4, 0.5) is 0 Å². The molecule has 0 saturated carbocycles. The number of carbonyl (C=O) groups is 2. The number of carboxylic acid groups (broad SMARTS) is 1. The highest BCUT2D eigenvalue weighted by Gasteiger charge is 2.29. The monoisotopic (exact) mass is 307 g/mol. The summed E-state index contributed by atoms with van der Waals surface area (Å²) in [6.45, 7) is 6.80. The van der Waals surface area contributed by atoms with Gasteiger partial charge in [0.05, 0.1) is 17.3 Å². The average Bonchev–Trinajstić information content (AvgIpc) is 2.94. The SMILES string of the molecule is CC(C)(C)n1cc(C(=O)N2CCCC[C@@H]2CCC(=O)O)cn1. The number of piperidine rings is 1. The van der Waals surface area contributed by atoms with Gasteiger partial charge >= 0.3 is 5.97 Å². The van der Waals surface area contributed by atoms with Crippen LogP contribution in [0.3, 0.4) is 0 Å². The van der Waals surface area contributed by atoms with Crippen LogP contribution in [0.25, 0.3) is 0 Å². The number of likely N-dealkylation sites (tertiary alicyclic amines) is 1. The van der Waals surface area contributed by atoms with Gasteiger partial charge in [-0.15, -0.1) is 0 Å². The minimum Gasteiger partial charge on any atom is -0.481 e. The third kappa shape index (κ3) is 3.87. The second-order valence-electron chi connectivity index (χ2n) is 6.92. The number of carbonyl (C=O) groups excluding carboxylic acids is 1. The number of aromatic nitrogens is 2. The zero-order valence-corrected chi connectivity index (χ0v) is 13.6. The molecule has 0 bridgehead atoms. The van der Waals surface area contributed by atoms with Crippen LogP contribution in [0.5, 0.6) is 0 Å². The molecule has 1 saturated heterocycles. The fraction of sp³-hybridized carbons (Fsp3) is 0.688. The normalized spacial score (nSPS) is 19.2. The Morgan fingerprint density at radius 3 is 2.68 bits per heavy atom. The molecule has 22 heavy (non-hydrogen) atoms. The standard InChI is InChI=1S/C16H25N3O3/c1-16(2,3)19-11-12(10-17-19)15(22)18-9-5-4-6-13(18)7-8-14(20)21/h10-11,13H,4-9H2,1-3H3,(H,20,21)/t13-/m1/s1. The summed E-state index contributed by atoms with van der Waals surface area (Å²) in [6.07, 6.45) is 6.93. The second-order valence-corrected chi connectivity index (χ2v) is 6.92. The number of carboxylic acids is 1. The van der Waals surface area contributed by atoms with Crippen LogP contribution in [-0.2, 0) is 10.3 Å². The predicted molar refractivity (Wildman–Crippen MR) is 82.8 cm³/mol. The molecular weight excluding hydrogens is 282 g/mol. The van der Waals surface area contributed by atoms with Crippen LogP contribution in [0.15, 0.2) is 12.4 Å². The molecule has 1 aromatic rings. The predicted octanol–water partition coefficient (Wildman–Crippen LogP) is 2.50. The number of aliphatic carboxylic acids is 1. The Morgan fingerprint density at radius 2 is 2.09 bits per heavy atom. The van der Waals surface area contributed by atoms with E-state index in [9.17, 15) is 9.59 Å². The Kier molecular flexibility index (Phi) is 4.88. The third-order valence-electron chi connectivity index (χ3n) is 4.10. The Bertz CT molecular complexity index is 545. The average molecular weight is 307 g/mol. The van der Waals surface area contributed by atoms with Crippen LogP contribution in [0.2, 0.25) is 0 Å². The zero-order chi connectivity index (χ0) is 16.3. The Balaban J connectivity index is 2.11. The van der Waals surface area contributed by atoms with E-state index in [2.05, 4.69) is 5.10 Å². The molecule has 1 aliphatic heterocycles. The van der Waals surface area contributed by atoms with E-state index in [4.69, 9.17) is 5.11 Å². The highest BCUT2D eigenvalue weighted by atomic mass is 16.4. The maximum atomic E-state index is 12.7. The second kappa shape index (κ2) is 6.50. The molecule has 2 rings (SSSR count). The van der Waals surface area contributed by atoms with Gasteiger partial charge in [-0.1, -0.05) is 0 Å². The first-order valence-electron chi connectivity index (χ1n) is 7.87. The lowest BCUT2D eigenvalue weighted by atomic mass is 9.97. The van der Waals surface area contributed by atoms with E-state index >= 15 is 0 Å². The van der Waals surface area contributed by atoms with E-state index in [0.717, 1.165) is 19.3 Å². The van der Waals surface area contributed by atoms with Gasteiger partial charge in [0.25, 0.3) is 5.91 Å². The molecule has 6 nitrogen and oxygen atoms in total. The van der Waals surface area contributed by atoms with Gasteiger partial charge in [0.1, 0.15) is 0 Å². The van der Waals surface area contributed by atoms with Crippen molar-refractivity contribution >= 4 is 11.9 Å². The van der Waals surface area contributed by atoms with Crippen molar-refractivity contribution in [2.75, 3.05) is 6.54 Å². The summed E-state index contributed by atoms with van der Waals surface area (Å²) in [5.41, 5.74) is 0.417. The molecule has 2 heterocycles. The van der Waals surface area contributed by atoms with Crippen LogP contribution >= 0.6 is 0 Å². The van der Waals surface area contributed by atoms with Crippen molar-refractivity contribution in [2.24, 2.45) is 0 Å². The topological polar surface area (TPSA) is 75.4 Å². The van der Waals surface area contributed by atoms with Gasteiger partial charge in [-0.2, -0.15) is 5.10 Å². The molecule has 1 atom stereocenters. The summed E-state index contributed by atoms with van der Waals surface area (Å²) in [6, 6.07) is 0.0235.